The highest BCUT2D eigenvalue weighted by Crippen LogP contribution is 2.37. The molecule has 94 valence electrons. The second-order valence-corrected chi connectivity index (χ2v) is 6.12. The van der Waals surface area contributed by atoms with E-state index in [0.717, 1.165) is 6.26 Å². The average Bonchev–Trinajstić information content (AvgIpc) is 2.36. The molecule has 17 heavy (non-hydrogen) atoms. The number of aromatic nitrogens is 2. The molecule has 4 nitrogen and oxygen atoms in total. The fourth-order valence-electron chi connectivity index (χ4n) is 1.85. The van der Waals surface area contributed by atoms with Crippen LogP contribution >= 0.6 is 0 Å². The summed E-state index contributed by atoms with van der Waals surface area (Å²) in [5.74, 6) is -3.06. The van der Waals surface area contributed by atoms with Crippen LogP contribution in [-0.4, -0.2) is 24.6 Å². The van der Waals surface area contributed by atoms with Gasteiger partial charge in [-0.05, 0) is 24.8 Å². The number of hydrogen-bond donors (Lipinski definition) is 0. The Balaban J connectivity index is 2.60. The highest BCUT2D eigenvalue weighted by molar-refractivity contribution is 7.90. The van der Waals surface area contributed by atoms with Crippen molar-refractivity contribution >= 4 is 9.84 Å². The van der Waals surface area contributed by atoms with E-state index >= 15 is 0 Å². The van der Waals surface area contributed by atoms with Crippen LogP contribution < -0.4 is 0 Å². The van der Waals surface area contributed by atoms with E-state index in [9.17, 15) is 17.2 Å². The lowest BCUT2D eigenvalue weighted by molar-refractivity contribution is -0.0188. The standard InChI is InChI=1S/C10H12F2N2O2S/c1-17(15,16)9-13-6-7-4-2-3-5-10(11,12)8(7)14-9/h6H,2-5H2,1H3. The van der Waals surface area contributed by atoms with E-state index < -0.39 is 26.6 Å². The van der Waals surface area contributed by atoms with E-state index in [0.29, 0.717) is 24.8 Å². The van der Waals surface area contributed by atoms with Crippen molar-refractivity contribution in [2.45, 2.75) is 36.8 Å². The van der Waals surface area contributed by atoms with Crippen LogP contribution in [0.5, 0.6) is 0 Å². The lowest BCUT2D eigenvalue weighted by Crippen LogP contribution is -2.19. The minimum atomic E-state index is -3.65. The lowest BCUT2D eigenvalue weighted by atomic mass is 10.1. The van der Waals surface area contributed by atoms with Crippen LogP contribution in [0.25, 0.3) is 0 Å². The lowest BCUT2D eigenvalue weighted by Gasteiger charge is -2.15. The van der Waals surface area contributed by atoms with Gasteiger partial charge in [0.15, 0.2) is 0 Å². The van der Waals surface area contributed by atoms with Gasteiger partial charge in [-0.3, -0.25) is 0 Å². The summed E-state index contributed by atoms with van der Waals surface area (Å²) in [6, 6.07) is 0. The molecule has 7 heteroatoms. The molecule has 0 amide bonds. The van der Waals surface area contributed by atoms with Crippen LogP contribution in [-0.2, 0) is 22.2 Å². The van der Waals surface area contributed by atoms with Crippen molar-refractivity contribution < 1.29 is 17.2 Å². The van der Waals surface area contributed by atoms with Crippen LogP contribution in [0.3, 0.4) is 0 Å². The summed E-state index contributed by atoms with van der Waals surface area (Å²) in [4.78, 5) is 7.19. The number of fused-ring (bicyclic) bond motifs is 1. The smallest absolute Gasteiger partial charge is 0.227 e. The first-order valence-electron chi connectivity index (χ1n) is 5.25. The Bertz CT molecular complexity index is 543. The summed E-state index contributed by atoms with van der Waals surface area (Å²) < 4.78 is 50.0. The number of aryl methyl sites for hydroxylation is 1. The van der Waals surface area contributed by atoms with Crippen molar-refractivity contribution in [1.29, 1.82) is 0 Å². The van der Waals surface area contributed by atoms with Gasteiger partial charge < -0.3 is 0 Å². The number of rotatable bonds is 1. The van der Waals surface area contributed by atoms with Crippen molar-refractivity contribution in [3.63, 3.8) is 0 Å². The second kappa shape index (κ2) is 3.97. The van der Waals surface area contributed by atoms with Crippen molar-refractivity contribution in [3.05, 3.63) is 17.5 Å². The molecule has 0 bridgehead atoms. The highest BCUT2D eigenvalue weighted by Gasteiger charge is 2.37. The Kier molecular flexibility index (Phi) is 2.89. The first-order chi connectivity index (χ1) is 7.81. The quantitative estimate of drug-likeness (QED) is 0.571. The summed E-state index contributed by atoms with van der Waals surface area (Å²) in [5, 5.41) is -0.530. The number of alkyl halides is 2. The maximum Gasteiger partial charge on any atom is 0.290 e. The minimum absolute atomic E-state index is 0.291. The van der Waals surface area contributed by atoms with Gasteiger partial charge >= 0.3 is 0 Å². The molecule has 1 aliphatic rings. The summed E-state index contributed by atoms with van der Waals surface area (Å²) in [5.41, 5.74) is -0.0784. The molecule has 0 N–H and O–H groups in total. The zero-order valence-corrected chi connectivity index (χ0v) is 10.1. The van der Waals surface area contributed by atoms with Gasteiger partial charge in [-0.2, -0.15) is 8.78 Å². The summed E-state index contributed by atoms with van der Waals surface area (Å²) >= 11 is 0. The topological polar surface area (TPSA) is 59.9 Å². The molecule has 1 aromatic heterocycles. The maximum absolute atomic E-state index is 13.7. The Morgan fingerprint density at radius 1 is 1.35 bits per heavy atom. The SMILES string of the molecule is CS(=O)(=O)c1ncc2c(n1)C(F)(F)CCCC2. The Hall–Kier alpha value is -1.11. The molecule has 0 saturated carbocycles. The van der Waals surface area contributed by atoms with E-state index in [1.165, 1.54) is 6.20 Å². The third-order valence-corrected chi connectivity index (χ3v) is 3.57. The van der Waals surface area contributed by atoms with Gasteiger partial charge in [0.25, 0.3) is 5.92 Å². The molecular weight excluding hydrogens is 250 g/mol. The van der Waals surface area contributed by atoms with Crippen LogP contribution in [0, 0.1) is 0 Å². The van der Waals surface area contributed by atoms with Crippen LogP contribution in [0.15, 0.2) is 11.4 Å². The van der Waals surface area contributed by atoms with E-state index in [-0.39, 0.29) is 6.42 Å². The first-order valence-corrected chi connectivity index (χ1v) is 7.14. The van der Waals surface area contributed by atoms with Gasteiger partial charge in [0, 0.05) is 18.9 Å². The molecule has 0 aliphatic heterocycles. The van der Waals surface area contributed by atoms with Gasteiger partial charge in [0.2, 0.25) is 15.0 Å². The van der Waals surface area contributed by atoms with Gasteiger partial charge in [-0.25, -0.2) is 18.4 Å². The maximum atomic E-state index is 13.7. The first kappa shape index (κ1) is 12.3. The van der Waals surface area contributed by atoms with Crippen LogP contribution in [0.1, 0.15) is 30.5 Å². The third-order valence-electron chi connectivity index (χ3n) is 2.71. The Labute approximate surface area is 98.0 Å². The molecule has 0 radical (unpaired) electrons. The number of hydrogen-bond acceptors (Lipinski definition) is 4. The van der Waals surface area contributed by atoms with Crippen LogP contribution in [0.2, 0.25) is 0 Å². The van der Waals surface area contributed by atoms with Crippen molar-refractivity contribution in [1.82, 2.24) is 9.97 Å². The zero-order chi connectivity index (χ0) is 12.7. The molecule has 1 aliphatic carbocycles. The summed E-state index contributed by atoms with van der Waals surface area (Å²) in [6.07, 6.45) is 3.33. The normalized spacial score (nSPS) is 19.5. The van der Waals surface area contributed by atoms with E-state index in [2.05, 4.69) is 9.97 Å². The largest absolute Gasteiger partial charge is 0.290 e. The second-order valence-electron chi connectivity index (χ2n) is 4.21. The van der Waals surface area contributed by atoms with E-state index in [1.54, 1.807) is 0 Å². The predicted molar refractivity (Wildman–Crippen MR) is 56.6 cm³/mol. The molecule has 0 saturated heterocycles. The molecule has 1 heterocycles. The summed E-state index contributed by atoms with van der Waals surface area (Å²) in [6.45, 7) is 0. The third kappa shape index (κ3) is 2.43. The number of nitrogens with zero attached hydrogens (tertiary/aromatic N) is 2. The molecule has 0 fully saturated rings. The van der Waals surface area contributed by atoms with Gasteiger partial charge in [0.1, 0.15) is 5.69 Å². The minimum Gasteiger partial charge on any atom is -0.227 e. The fraction of sp³-hybridized carbons (Fsp3) is 0.600. The molecule has 2 rings (SSSR count). The van der Waals surface area contributed by atoms with E-state index in [4.69, 9.17) is 0 Å². The fourth-order valence-corrected chi connectivity index (χ4v) is 2.35. The Morgan fingerprint density at radius 3 is 2.71 bits per heavy atom. The Morgan fingerprint density at radius 2 is 2.06 bits per heavy atom. The molecule has 0 unspecified atom stereocenters. The summed E-state index contributed by atoms with van der Waals surface area (Å²) in [7, 11) is -3.65. The van der Waals surface area contributed by atoms with Crippen molar-refractivity contribution in [2.75, 3.05) is 6.26 Å². The molecule has 0 atom stereocenters. The average molecular weight is 262 g/mol. The van der Waals surface area contributed by atoms with Crippen LogP contribution in [0.4, 0.5) is 8.78 Å². The van der Waals surface area contributed by atoms with Gasteiger partial charge in [-0.1, -0.05) is 0 Å². The molecule has 0 spiro atoms. The van der Waals surface area contributed by atoms with Gasteiger partial charge in [-0.15, -0.1) is 0 Å². The van der Waals surface area contributed by atoms with Crippen molar-refractivity contribution in [2.24, 2.45) is 0 Å². The zero-order valence-electron chi connectivity index (χ0n) is 9.28. The van der Waals surface area contributed by atoms with Gasteiger partial charge in [0.05, 0.1) is 0 Å². The molecular formula is C10H12F2N2O2S. The van der Waals surface area contributed by atoms with Crippen molar-refractivity contribution in [3.8, 4) is 0 Å². The monoisotopic (exact) mass is 262 g/mol. The number of sulfone groups is 1. The number of halogens is 2. The molecule has 0 aromatic carbocycles. The van der Waals surface area contributed by atoms with E-state index in [1.807, 2.05) is 0 Å². The predicted octanol–water partition coefficient (Wildman–Crippen LogP) is 1.70. The highest BCUT2D eigenvalue weighted by atomic mass is 32.2. The molecule has 1 aromatic rings.